The molecule has 0 bridgehead atoms. The summed E-state index contributed by atoms with van der Waals surface area (Å²) in [5, 5.41) is 3.76. The van der Waals surface area contributed by atoms with Crippen molar-refractivity contribution in [2.45, 2.75) is 43.6 Å². The lowest BCUT2D eigenvalue weighted by atomic mass is 9.74. The van der Waals surface area contributed by atoms with Gasteiger partial charge in [0.05, 0.1) is 0 Å². The zero-order valence-electron chi connectivity index (χ0n) is 9.42. The van der Waals surface area contributed by atoms with Crippen molar-refractivity contribution in [3.8, 4) is 0 Å². The van der Waals surface area contributed by atoms with Gasteiger partial charge in [-0.15, -0.1) is 0 Å². The molecular weight excluding hydrogens is 182 g/mol. The van der Waals surface area contributed by atoms with Crippen molar-refractivity contribution in [3.05, 3.63) is 35.9 Å². The standard InChI is InChI=1S/C14H19N/c1-13(12-5-3-2-4-6-12)7-8-14(9-10-14)15-11-13/h2-6,15H,7-11H2,1H3. The molecule has 1 aromatic rings. The van der Waals surface area contributed by atoms with E-state index in [-0.39, 0.29) is 0 Å². The van der Waals surface area contributed by atoms with E-state index in [1.54, 1.807) is 0 Å². The third-order valence-corrected chi connectivity index (χ3v) is 4.33. The molecule has 1 atom stereocenters. The monoisotopic (exact) mass is 201 g/mol. The second-order valence-corrected chi connectivity index (χ2v) is 5.56. The highest BCUT2D eigenvalue weighted by Gasteiger charge is 2.47. The second-order valence-electron chi connectivity index (χ2n) is 5.56. The van der Waals surface area contributed by atoms with Crippen LogP contribution in [0.1, 0.15) is 38.2 Å². The molecule has 2 aliphatic rings. The van der Waals surface area contributed by atoms with Crippen molar-refractivity contribution < 1.29 is 0 Å². The summed E-state index contributed by atoms with van der Waals surface area (Å²) in [5.74, 6) is 0. The van der Waals surface area contributed by atoms with E-state index in [2.05, 4.69) is 42.6 Å². The number of piperidine rings is 1. The van der Waals surface area contributed by atoms with Crippen LogP contribution in [-0.4, -0.2) is 12.1 Å². The van der Waals surface area contributed by atoms with Crippen LogP contribution >= 0.6 is 0 Å². The normalized spacial score (nSPS) is 32.9. The summed E-state index contributed by atoms with van der Waals surface area (Å²) in [6, 6.07) is 11.0. The van der Waals surface area contributed by atoms with Gasteiger partial charge in [0.1, 0.15) is 0 Å². The molecule has 1 heteroatoms. The molecule has 1 saturated heterocycles. The molecule has 1 aromatic carbocycles. The number of benzene rings is 1. The van der Waals surface area contributed by atoms with Gasteiger partial charge in [-0.05, 0) is 31.2 Å². The summed E-state index contributed by atoms with van der Waals surface area (Å²) in [7, 11) is 0. The van der Waals surface area contributed by atoms with E-state index >= 15 is 0 Å². The molecule has 0 aromatic heterocycles. The Morgan fingerprint density at radius 3 is 2.20 bits per heavy atom. The van der Waals surface area contributed by atoms with E-state index in [0.29, 0.717) is 11.0 Å². The summed E-state index contributed by atoms with van der Waals surface area (Å²) >= 11 is 0. The third kappa shape index (κ3) is 1.59. The molecule has 1 saturated carbocycles. The minimum absolute atomic E-state index is 0.356. The van der Waals surface area contributed by atoms with Gasteiger partial charge in [-0.2, -0.15) is 0 Å². The molecule has 1 unspecified atom stereocenters. The Balaban J connectivity index is 1.80. The predicted molar refractivity (Wildman–Crippen MR) is 63.0 cm³/mol. The van der Waals surface area contributed by atoms with Gasteiger partial charge in [-0.25, -0.2) is 0 Å². The molecule has 3 rings (SSSR count). The largest absolute Gasteiger partial charge is 0.310 e. The van der Waals surface area contributed by atoms with Crippen LogP contribution in [-0.2, 0) is 5.41 Å². The predicted octanol–water partition coefficient (Wildman–Crippen LogP) is 2.86. The highest BCUT2D eigenvalue weighted by Crippen LogP contribution is 2.46. The Kier molecular flexibility index (Phi) is 1.93. The van der Waals surface area contributed by atoms with Crippen LogP contribution in [0.25, 0.3) is 0 Å². The quantitative estimate of drug-likeness (QED) is 0.736. The molecule has 1 heterocycles. The molecule has 1 aliphatic heterocycles. The molecule has 0 amide bonds. The van der Waals surface area contributed by atoms with Crippen LogP contribution in [0.3, 0.4) is 0 Å². The van der Waals surface area contributed by atoms with Crippen LogP contribution < -0.4 is 5.32 Å². The maximum absolute atomic E-state index is 3.76. The summed E-state index contributed by atoms with van der Waals surface area (Å²) in [4.78, 5) is 0. The van der Waals surface area contributed by atoms with Crippen molar-refractivity contribution in [1.29, 1.82) is 0 Å². The molecule has 15 heavy (non-hydrogen) atoms. The molecular formula is C14H19N. The first-order chi connectivity index (χ1) is 7.23. The lowest BCUT2D eigenvalue weighted by Crippen LogP contribution is -2.48. The Hall–Kier alpha value is -0.820. The van der Waals surface area contributed by atoms with Gasteiger partial charge < -0.3 is 5.32 Å². The fourth-order valence-corrected chi connectivity index (χ4v) is 2.74. The van der Waals surface area contributed by atoms with E-state index in [9.17, 15) is 0 Å². The van der Waals surface area contributed by atoms with Crippen molar-refractivity contribution in [2.24, 2.45) is 0 Å². The van der Waals surface area contributed by atoms with E-state index in [1.807, 2.05) is 0 Å². The number of hydrogen-bond donors (Lipinski definition) is 1. The Morgan fingerprint density at radius 1 is 1.00 bits per heavy atom. The maximum Gasteiger partial charge on any atom is 0.0183 e. The zero-order chi connectivity index (χ0) is 10.4. The average molecular weight is 201 g/mol. The Labute approximate surface area is 91.9 Å². The van der Waals surface area contributed by atoms with Crippen LogP contribution in [0.15, 0.2) is 30.3 Å². The van der Waals surface area contributed by atoms with Gasteiger partial charge in [0, 0.05) is 17.5 Å². The van der Waals surface area contributed by atoms with Crippen LogP contribution in [0.5, 0.6) is 0 Å². The van der Waals surface area contributed by atoms with Gasteiger partial charge in [-0.3, -0.25) is 0 Å². The smallest absolute Gasteiger partial charge is 0.0183 e. The fourth-order valence-electron chi connectivity index (χ4n) is 2.74. The minimum Gasteiger partial charge on any atom is -0.310 e. The van der Waals surface area contributed by atoms with Crippen LogP contribution in [0, 0.1) is 0 Å². The van der Waals surface area contributed by atoms with Gasteiger partial charge in [-0.1, -0.05) is 37.3 Å². The van der Waals surface area contributed by atoms with Crippen molar-refractivity contribution in [3.63, 3.8) is 0 Å². The van der Waals surface area contributed by atoms with E-state index in [4.69, 9.17) is 0 Å². The van der Waals surface area contributed by atoms with Gasteiger partial charge in [0.25, 0.3) is 0 Å². The van der Waals surface area contributed by atoms with E-state index in [1.165, 1.54) is 31.2 Å². The summed E-state index contributed by atoms with van der Waals surface area (Å²) < 4.78 is 0. The highest BCUT2D eigenvalue weighted by atomic mass is 15.0. The molecule has 80 valence electrons. The molecule has 2 fully saturated rings. The van der Waals surface area contributed by atoms with Crippen LogP contribution in [0.4, 0.5) is 0 Å². The zero-order valence-corrected chi connectivity index (χ0v) is 9.42. The highest BCUT2D eigenvalue weighted by molar-refractivity contribution is 5.27. The first-order valence-corrected chi connectivity index (χ1v) is 6.03. The number of hydrogen-bond acceptors (Lipinski definition) is 1. The second kappa shape index (κ2) is 3.08. The van der Waals surface area contributed by atoms with Gasteiger partial charge in [0.15, 0.2) is 0 Å². The Morgan fingerprint density at radius 2 is 1.67 bits per heavy atom. The third-order valence-electron chi connectivity index (χ3n) is 4.33. The summed E-state index contributed by atoms with van der Waals surface area (Å²) in [6.07, 6.45) is 5.50. The van der Waals surface area contributed by atoms with Crippen molar-refractivity contribution >= 4 is 0 Å². The molecule has 1 spiro atoms. The molecule has 1 N–H and O–H groups in total. The van der Waals surface area contributed by atoms with Gasteiger partial charge in [0.2, 0.25) is 0 Å². The molecule has 1 aliphatic carbocycles. The van der Waals surface area contributed by atoms with E-state index < -0.39 is 0 Å². The van der Waals surface area contributed by atoms with Crippen LogP contribution in [0.2, 0.25) is 0 Å². The van der Waals surface area contributed by atoms with Crippen molar-refractivity contribution in [1.82, 2.24) is 5.32 Å². The maximum atomic E-state index is 3.76. The van der Waals surface area contributed by atoms with E-state index in [0.717, 1.165) is 6.54 Å². The first-order valence-electron chi connectivity index (χ1n) is 6.03. The first kappa shape index (κ1) is 9.41. The van der Waals surface area contributed by atoms with Crippen molar-refractivity contribution in [2.75, 3.05) is 6.54 Å². The number of nitrogens with one attached hydrogen (secondary N) is 1. The lowest BCUT2D eigenvalue weighted by molar-refractivity contribution is 0.269. The molecule has 1 nitrogen and oxygen atoms in total. The number of rotatable bonds is 1. The molecule has 0 radical (unpaired) electrons. The fraction of sp³-hybridized carbons (Fsp3) is 0.571. The lowest BCUT2D eigenvalue weighted by Gasteiger charge is -2.39. The average Bonchev–Trinajstić information content (AvgIpc) is 3.05. The Bertz CT molecular complexity index is 341. The SMILES string of the molecule is CC1(c2ccccc2)CCC2(CC2)NC1. The minimum atomic E-state index is 0.356. The summed E-state index contributed by atoms with van der Waals surface area (Å²) in [6.45, 7) is 3.54. The topological polar surface area (TPSA) is 12.0 Å². The van der Waals surface area contributed by atoms with Gasteiger partial charge >= 0.3 is 0 Å². The summed E-state index contributed by atoms with van der Waals surface area (Å²) in [5.41, 5.74) is 2.41.